The van der Waals surface area contributed by atoms with Gasteiger partial charge in [-0.15, -0.1) is 0 Å². The van der Waals surface area contributed by atoms with Gasteiger partial charge in [0.1, 0.15) is 0 Å². The summed E-state index contributed by atoms with van der Waals surface area (Å²) in [6, 6.07) is 8.61. The molecule has 0 radical (unpaired) electrons. The molecule has 0 amide bonds. The van der Waals surface area contributed by atoms with Crippen LogP contribution in [-0.2, 0) is 12.8 Å². The first-order valence-corrected chi connectivity index (χ1v) is 7.57. The summed E-state index contributed by atoms with van der Waals surface area (Å²) in [4.78, 5) is 0. The fourth-order valence-electron chi connectivity index (χ4n) is 3.86. The smallest absolute Gasteiger partial charge is 0.204 e. The highest BCUT2D eigenvalue weighted by Crippen LogP contribution is 2.54. The Morgan fingerprint density at radius 1 is 1.14 bits per heavy atom. The SMILES string of the molecule is COc1c(O)c2c3c(c1OC)-c1ccccc1C[C@H]3NCC2. The number of benzene rings is 2. The molecule has 2 N–H and O–H groups in total. The molecule has 22 heavy (non-hydrogen) atoms. The van der Waals surface area contributed by atoms with Crippen molar-refractivity contribution in [2.75, 3.05) is 20.8 Å². The van der Waals surface area contributed by atoms with Gasteiger partial charge in [0.05, 0.1) is 14.2 Å². The van der Waals surface area contributed by atoms with Gasteiger partial charge in [-0.2, -0.15) is 0 Å². The van der Waals surface area contributed by atoms with Crippen molar-refractivity contribution in [3.05, 3.63) is 41.0 Å². The lowest BCUT2D eigenvalue weighted by Crippen LogP contribution is -2.34. The Bertz CT molecular complexity index is 754. The van der Waals surface area contributed by atoms with E-state index in [2.05, 4.69) is 23.5 Å². The summed E-state index contributed by atoms with van der Waals surface area (Å²) < 4.78 is 11.1. The largest absolute Gasteiger partial charge is 0.504 e. The maximum Gasteiger partial charge on any atom is 0.204 e. The van der Waals surface area contributed by atoms with Crippen LogP contribution in [0, 0.1) is 0 Å². The molecule has 1 heterocycles. The first-order chi connectivity index (χ1) is 10.8. The Balaban J connectivity index is 2.13. The summed E-state index contributed by atoms with van der Waals surface area (Å²) in [5, 5.41) is 14.2. The molecule has 0 saturated carbocycles. The summed E-state index contributed by atoms with van der Waals surface area (Å²) in [5.41, 5.74) is 5.69. The number of rotatable bonds is 2. The Kier molecular flexibility index (Phi) is 3.01. The summed E-state index contributed by atoms with van der Waals surface area (Å²) in [6.07, 6.45) is 1.73. The van der Waals surface area contributed by atoms with Crippen LogP contribution in [-0.4, -0.2) is 25.9 Å². The van der Waals surface area contributed by atoms with Crippen molar-refractivity contribution in [2.24, 2.45) is 0 Å². The van der Waals surface area contributed by atoms with Crippen LogP contribution in [0.2, 0.25) is 0 Å². The van der Waals surface area contributed by atoms with Crippen LogP contribution in [0.3, 0.4) is 0 Å². The number of fused-ring (bicyclic) bond motifs is 2. The van der Waals surface area contributed by atoms with Crippen LogP contribution < -0.4 is 14.8 Å². The predicted octanol–water partition coefficient (Wildman–Crippen LogP) is 2.82. The molecule has 1 aliphatic carbocycles. The van der Waals surface area contributed by atoms with E-state index in [0.29, 0.717) is 11.5 Å². The molecule has 2 aliphatic rings. The molecule has 0 unspecified atom stereocenters. The van der Waals surface area contributed by atoms with Crippen LogP contribution in [0.15, 0.2) is 24.3 Å². The highest BCUT2D eigenvalue weighted by Gasteiger charge is 2.36. The fraction of sp³-hybridized carbons (Fsp3) is 0.333. The molecular formula is C18H19NO3. The molecule has 0 spiro atoms. The summed E-state index contributed by atoms with van der Waals surface area (Å²) in [7, 11) is 3.20. The number of nitrogens with one attached hydrogen (secondary N) is 1. The number of hydrogen-bond acceptors (Lipinski definition) is 4. The zero-order valence-corrected chi connectivity index (χ0v) is 12.8. The highest BCUT2D eigenvalue weighted by molar-refractivity contribution is 5.85. The Morgan fingerprint density at radius 2 is 1.91 bits per heavy atom. The van der Waals surface area contributed by atoms with Crippen LogP contribution >= 0.6 is 0 Å². The van der Waals surface area contributed by atoms with Crippen molar-refractivity contribution in [3.8, 4) is 28.4 Å². The average Bonchev–Trinajstić information content (AvgIpc) is 2.56. The molecule has 4 nitrogen and oxygen atoms in total. The lowest BCUT2D eigenvalue weighted by Gasteiger charge is -2.36. The second-order valence-corrected chi connectivity index (χ2v) is 5.80. The third-order valence-electron chi connectivity index (χ3n) is 4.76. The van der Waals surface area contributed by atoms with Gasteiger partial charge in [-0.05, 0) is 36.1 Å². The second kappa shape index (κ2) is 4.92. The monoisotopic (exact) mass is 297 g/mol. The van der Waals surface area contributed by atoms with Gasteiger partial charge in [0.2, 0.25) is 5.75 Å². The molecule has 4 rings (SSSR count). The predicted molar refractivity (Wildman–Crippen MR) is 84.8 cm³/mol. The minimum Gasteiger partial charge on any atom is -0.504 e. The zero-order chi connectivity index (χ0) is 15.3. The first-order valence-electron chi connectivity index (χ1n) is 7.57. The van der Waals surface area contributed by atoms with Crippen LogP contribution in [0.4, 0.5) is 0 Å². The number of phenolic OH excluding ortho intramolecular Hbond substituents is 1. The molecule has 1 atom stereocenters. The van der Waals surface area contributed by atoms with E-state index >= 15 is 0 Å². The highest BCUT2D eigenvalue weighted by atomic mass is 16.5. The van der Waals surface area contributed by atoms with E-state index in [1.165, 1.54) is 16.7 Å². The molecule has 114 valence electrons. The van der Waals surface area contributed by atoms with E-state index in [9.17, 15) is 5.11 Å². The van der Waals surface area contributed by atoms with Gasteiger partial charge in [-0.1, -0.05) is 24.3 Å². The van der Waals surface area contributed by atoms with E-state index in [0.717, 1.165) is 30.5 Å². The number of aromatic hydroxyl groups is 1. The van der Waals surface area contributed by atoms with Crippen molar-refractivity contribution in [2.45, 2.75) is 18.9 Å². The Labute approximate surface area is 129 Å². The number of phenols is 1. The zero-order valence-electron chi connectivity index (χ0n) is 12.8. The first kappa shape index (κ1) is 13.5. The van der Waals surface area contributed by atoms with Crippen molar-refractivity contribution >= 4 is 0 Å². The maximum atomic E-state index is 10.6. The van der Waals surface area contributed by atoms with Gasteiger partial charge in [0.15, 0.2) is 11.5 Å². The molecule has 2 aromatic carbocycles. The Morgan fingerprint density at radius 3 is 2.68 bits per heavy atom. The maximum absolute atomic E-state index is 10.6. The average molecular weight is 297 g/mol. The van der Waals surface area contributed by atoms with Crippen LogP contribution in [0.25, 0.3) is 11.1 Å². The van der Waals surface area contributed by atoms with Crippen molar-refractivity contribution < 1.29 is 14.6 Å². The minimum absolute atomic E-state index is 0.222. The van der Waals surface area contributed by atoms with Crippen LogP contribution in [0.5, 0.6) is 17.2 Å². The fourth-order valence-corrected chi connectivity index (χ4v) is 3.86. The van der Waals surface area contributed by atoms with E-state index in [-0.39, 0.29) is 11.8 Å². The van der Waals surface area contributed by atoms with Gasteiger partial charge >= 0.3 is 0 Å². The van der Waals surface area contributed by atoms with Crippen molar-refractivity contribution in [3.63, 3.8) is 0 Å². The molecule has 4 heteroatoms. The lowest BCUT2D eigenvalue weighted by molar-refractivity contribution is 0.328. The number of ether oxygens (including phenoxy) is 2. The standard InChI is InChI=1S/C18H19NO3/c1-21-17-15-11-6-4-3-5-10(11)9-13-14(15)12(7-8-19-13)16(20)18(17)22-2/h3-6,13,19-20H,7-9H2,1-2H3/t13-/m1/s1. The molecule has 0 fully saturated rings. The molecule has 0 aromatic heterocycles. The second-order valence-electron chi connectivity index (χ2n) is 5.80. The Hall–Kier alpha value is -2.20. The lowest BCUT2D eigenvalue weighted by atomic mass is 9.77. The molecule has 1 aliphatic heterocycles. The van der Waals surface area contributed by atoms with Crippen LogP contribution in [0.1, 0.15) is 22.7 Å². The molecule has 2 aromatic rings. The minimum atomic E-state index is 0.222. The van der Waals surface area contributed by atoms with Gasteiger partial charge in [0.25, 0.3) is 0 Å². The summed E-state index contributed by atoms with van der Waals surface area (Å²) in [6.45, 7) is 0.863. The molecule has 0 saturated heterocycles. The number of hydrogen-bond donors (Lipinski definition) is 2. The van der Waals surface area contributed by atoms with Crippen molar-refractivity contribution in [1.82, 2.24) is 5.32 Å². The molecule has 0 bridgehead atoms. The van der Waals surface area contributed by atoms with Crippen molar-refractivity contribution in [1.29, 1.82) is 0 Å². The third-order valence-corrected chi connectivity index (χ3v) is 4.76. The quantitative estimate of drug-likeness (QED) is 0.895. The summed E-state index contributed by atoms with van der Waals surface area (Å²) >= 11 is 0. The van der Waals surface area contributed by atoms with E-state index < -0.39 is 0 Å². The normalized spacial score (nSPS) is 18.4. The third kappa shape index (κ3) is 1.67. The van der Waals surface area contributed by atoms with E-state index in [4.69, 9.17) is 9.47 Å². The van der Waals surface area contributed by atoms with E-state index in [1.54, 1.807) is 14.2 Å². The number of methoxy groups -OCH3 is 2. The topological polar surface area (TPSA) is 50.7 Å². The van der Waals surface area contributed by atoms with Gasteiger partial charge in [-0.3, -0.25) is 0 Å². The molecular weight excluding hydrogens is 278 g/mol. The summed E-state index contributed by atoms with van der Waals surface area (Å²) in [5.74, 6) is 1.29. The van der Waals surface area contributed by atoms with Gasteiger partial charge in [-0.25, -0.2) is 0 Å². The van der Waals surface area contributed by atoms with Gasteiger partial charge < -0.3 is 19.9 Å². The van der Waals surface area contributed by atoms with Gasteiger partial charge in [0, 0.05) is 17.2 Å². The van der Waals surface area contributed by atoms with E-state index in [1.807, 2.05) is 6.07 Å².